The smallest absolute Gasteiger partial charge is 0.255 e. The number of hydrogen-bond acceptors (Lipinski definition) is 3. The van der Waals surface area contributed by atoms with Crippen molar-refractivity contribution in [3.05, 3.63) is 29.0 Å². The third kappa shape index (κ3) is 3.89. The van der Waals surface area contributed by atoms with Gasteiger partial charge >= 0.3 is 0 Å². The summed E-state index contributed by atoms with van der Waals surface area (Å²) in [6.45, 7) is 2.09. The molecule has 1 unspecified atom stereocenters. The standard InChI is InChI=1S/C12H17ClN2OS/c1-4-10(8-17-3)15(2)12(16)9-5-6-11(13)14-7-9/h5-7,10H,4,8H2,1-3H3. The van der Waals surface area contributed by atoms with Crippen molar-refractivity contribution < 1.29 is 4.79 Å². The number of carbonyl (C=O) groups excluding carboxylic acids is 1. The zero-order chi connectivity index (χ0) is 12.8. The van der Waals surface area contributed by atoms with E-state index < -0.39 is 0 Å². The fourth-order valence-electron chi connectivity index (χ4n) is 1.57. The van der Waals surface area contributed by atoms with Crippen LogP contribution in [0.2, 0.25) is 5.15 Å². The van der Waals surface area contributed by atoms with Crippen molar-refractivity contribution in [1.82, 2.24) is 9.88 Å². The second kappa shape index (κ2) is 6.87. The Morgan fingerprint density at radius 3 is 2.76 bits per heavy atom. The molecule has 1 aromatic rings. The molecule has 0 N–H and O–H groups in total. The van der Waals surface area contributed by atoms with Gasteiger partial charge in [0, 0.05) is 25.0 Å². The van der Waals surface area contributed by atoms with Gasteiger partial charge in [-0.1, -0.05) is 18.5 Å². The molecule has 1 atom stereocenters. The average Bonchev–Trinajstić information content (AvgIpc) is 2.35. The maximum absolute atomic E-state index is 12.2. The summed E-state index contributed by atoms with van der Waals surface area (Å²) in [7, 11) is 1.83. The highest BCUT2D eigenvalue weighted by atomic mass is 35.5. The summed E-state index contributed by atoms with van der Waals surface area (Å²) in [5, 5.41) is 0.403. The summed E-state index contributed by atoms with van der Waals surface area (Å²) in [5.41, 5.74) is 0.580. The molecule has 17 heavy (non-hydrogen) atoms. The first kappa shape index (κ1) is 14.3. The molecule has 0 aliphatic carbocycles. The van der Waals surface area contributed by atoms with Crippen LogP contribution in [0.25, 0.3) is 0 Å². The van der Waals surface area contributed by atoms with Crippen molar-refractivity contribution in [3.8, 4) is 0 Å². The Hall–Kier alpha value is -0.740. The quantitative estimate of drug-likeness (QED) is 0.773. The summed E-state index contributed by atoms with van der Waals surface area (Å²) in [6, 6.07) is 3.60. The lowest BCUT2D eigenvalue weighted by Gasteiger charge is -2.26. The van der Waals surface area contributed by atoms with E-state index in [4.69, 9.17) is 11.6 Å². The molecular formula is C12H17ClN2OS. The van der Waals surface area contributed by atoms with Crippen molar-refractivity contribution >= 4 is 29.3 Å². The summed E-state index contributed by atoms with van der Waals surface area (Å²) >= 11 is 7.44. The summed E-state index contributed by atoms with van der Waals surface area (Å²) < 4.78 is 0. The normalized spacial score (nSPS) is 12.2. The molecule has 3 nitrogen and oxygen atoms in total. The number of pyridine rings is 1. The molecule has 1 aromatic heterocycles. The first-order chi connectivity index (χ1) is 8.10. The van der Waals surface area contributed by atoms with E-state index in [1.54, 1.807) is 28.8 Å². The summed E-state index contributed by atoms with van der Waals surface area (Å²) in [5.74, 6) is 0.940. The number of carbonyl (C=O) groups is 1. The van der Waals surface area contributed by atoms with Gasteiger partial charge in [-0.2, -0.15) is 11.8 Å². The van der Waals surface area contributed by atoms with Gasteiger partial charge in [-0.15, -0.1) is 0 Å². The molecule has 0 aliphatic heterocycles. The van der Waals surface area contributed by atoms with Crippen LogP contribution in [0, 0.1) is 0 Å². The molecule has 0 bridgehead atoms. The lowest BCUT2D eigenvalue weighted by molar-refractivity contribution is 0.0743. The molecule has 0 aromatic carbocycles. The van der Waals surface area contributed by atoms with Crippen molar-refractivity contribution in [2.24, 2.45) is 0 Å². The predicted molar refractivity (Wildman–Crippen MR) is 73.8 cm³/mol. The summed E-state index contributed by atoms with van der Waals surface area (Å²) in [4.78, 5) is 17.9. The van der Waals surface area contributed by atoms with Gasteiger partial charge in [0.25, 0.3) is 5.91 Å². The number of halogens is 1. The van der Waals surface area contributed by atoms with Gasteiger partial charge in [0.2, 0.25) is 0 Å². The van der Waals surface area contributed by atoms with Gasteiger partial charge in [0.15, 0.2) is 0 Å². The lowest BCUT2D eigenvalue weighted by atomic mass is 10.2. The zero-order valence-corrected chi connectivity index (χ0v) is 11.9. The Morgan fingerprint density at radius 1 is 1.59 bits per heavy atom. The Morgan fingerprint density at radius 2 is 2.29 bits per heavy atom. The van der Waals surface area contributed by atoms with E-state index >= 15 is 0 Å². The van der Waals surface area contributed by atoms with Crippen LogP contribution in [0.3, 0.4) is 0 Å². The van der Waals surface area contributed by atoms with E-state index in [9.17, 15) is 4.79 Å². The largest absolute Gasteiger partial charge is 0.338 e. The van der Waals surface area contributed by atoms with Crippen LogP contribution < -0.4 is 0 Å². The molecule has 0 saturated heterocycles. The molecule has 0 saturated carbocycles. The van der Waals surface area contributed by atoms with E-state index in [1.165, 1.54) is 6.20 Å². The van der Waals surface area contributed by atoms with Gasteiger partial charge in [0.05, 0.1) is 5.56 Å². The summed E-state index contributed by atoms with van der Waals surface area (Å²) in [6.07, 6.45) is 4.52. The third-order valence-electron chi connectivity index (χ3n) is 2.67. The Labute approximate surface area is 112 Å². The van der Waals surface area contributed by atoms with Crippen LogP contribution in [0.5, 0.6) is 0 Å². The average molecular weight is 273 g/mol. The number of nitrogens with zero attached hydrogens (tertiary/aromatic N) is 2. The number of hydrogen-bond donors (Lipinski definition) is 0. The van der Waals surface area contributed by atoms with Crippen LogP contribution in [0.15, 0.2) is 18.3 Å². The molecule has 5 heteroatoms. The molecule has 0 aliphatic rings. The lowest BCUT2D eigenvalue weighted by Crippen LogP contribution is -2.38. The van der Waals surface area contributed by atoms with Gasteiger partial charge in [0.1, 0.15) is 5.15 Å². The zero-order valence-electron chi connectivity index (χ0n) is 10.3. The van der Waals surface area contributed by atoms with E-state index in [-0.39, 0.29) is 11.9 Å². The van der Waals surface area contributed by atoms with Gasteiger partial charge in [-0.25, -0.2) is 4.98 Å². The number of amides is 1. The highest BCUT2D eigenvalue weighted by Crippen LogP contribution is 2.13. The Bertz CT molecular complexity index is 369. The van der Waals surface area contributed by atoms with Crippen molar-refractivity contribution in [1.29, 1.82) is 0 Å². The SMILES string of the molecule is CCC(CSC)N(C)C(=O)c1ccc(Cl)nc1. The molecule has 0 spiro atoms. The minimum absolute atomic E-state index is 0.00457. The number of aromatic nitrogens is 1. The van der Waals surface area contributed by atoms with Crippen molar-refractivity contribution in [2.75, 3.05) is 19.1 Å². The molecule has 1 rings (SSSR count). The molecule has 1 amide bonds. The molecule has 1 heterocycles. The monoisotopic (exact) mass is 272 g/mol. The van der Waals surface area contributed by atoms with Gasteiger partial charge < -0.3 is 4.90 Å². The minimum atomic E-state index is -0.00457. The molecule has 94 valence electrons. The van der Waals surface area contributed by atoms with E-state index in [2.05, 4.69) is 11.9 Å². The Balaban J connectivity index is 2.77. The van der Waals surface area contributed by atoms with Crippen molar-refractivity contribution in [3.63, 3.8) is 0 Å². The van der Waals surface area contributed by atoms with Crippen LogP contribution in [-0.4, -0.2) is 40.9 Å². The third-order valence-corrected chi connectivity index (χ3v) is 3.61. The maximum Gasteiger partial charge on any atom is 0.255 e. The van der Waals surface area contributed by atoms with Crippen LogP contribution in [0.1, 0.15) is 23.7 Å². The minimum Gasteiger partial charge on any atom is -0.338 e. The van der Waals surface area contributed by atoms with Gasteiger partial charge in [-0.05, 0) is 24.8 Å². The van der Waals surface area contributed by atoms with Crippen LogP contribution >= 0.6 is 23.4 Å². The van der Waals surface area contributed by atoms with Crippen LogP contribution in [-0.2, 0) is 0 Å². The van der Waals surface area contributed by atoms with E-state index in [1.807, 2.05) is 13.3 Å². The second-order valence-electron chi connectivity index (χ2n) is 3.80. The maximum atomic E-state index is 12.2. The predicted octanol–water partition coefficient (Wildman–Crippen LogP) is 2.95. The highest BCUT2D eigenvalue weighted by Gasteiger charge is 2.19. The van der Waals surface area contributed by atoms with Crippen LogP contribution in [0.4, 0.5) is 0 Å². The van der Waals surface area contributed by atoms with Gasteiger partial charge in [-0.3, -0.25) is 4.79 Å². The Kier molecular flexibility index (Phi) is 5.78. The fourth-order valence-corrected chi connectivity index (χ4v) is 2.52. The number of thioether (sulfide) groups is 1. The highest BCUT2D eigenvalue weighted by molar-refractivity contribution is 7.98. The van der Waals surface area contributed by atoms with E-state index in [0.717, 1.165) is 12.2 Å². The number of rotatable bonds is 5. The topological polar surface area (TPSA) is 33.2 Å². The first-order valence-corrected chi connectivity index (χ1v) is 7.25. The van der Waals surface area contributed by atoms with E-state index in [0.29, 0.717) is 10.7 Å². The van der Waals surface area contributed by atoms with Crippen molar-refractivity contribution in [2.45, 2.75) is 19.4 Å². The molecular weight excluding hydrogens is 256 g/mol. The molecule has 0 fully saturated rings. The molecule has 0 radical (unpaired) electrons. The second-order valence-corrected chi connectivity index (χ2v) is 5.10. The fraction of sp³-hybridized carbons (Fsp3) is 0.500. The first-order valence-electron chi connectivity index (χ1n) is 5.47.